The van der Waals surface area contributed by atoms with E-state index in [-0.39, 0.29) is 11.4 Å². The zero-order chi connectivity index (χ0) is 18.7. The molecule has 3 rings (SSSR count). The highest BCUT2D eigenvalue weighted by atomic mass is 32.2. The molecule has 0 spiro atoms. The van der Waals surface area contributed by atoms with E-state index >= 15 is 0 Å². The van der Waals surface area contributed by atoms with E-state index in [0.29, 0.717) is 17.2 Å². The highest BCUT2D eigenvalue weighted by Gasteiger charge is 2.26. The molecule has 0 radical (unpaired) electrons. The summed E-state index contributed by atoms with van der Waals surface area (Å²) in [6.45, 7) is 2.07. The summed E-state index contributed by atoms with van der Waals surface area (Å²) in [6.07, 6.45) is 0. The van der Waals surface area contributed by atoms with Crippen molar-refractivity contribution >= 4 is 26.5 Å². The van der Waals surface area contributed by atoms with Gasteiger partial charge in [0.1, 0.15) is 11.5 Å². The van der Waals surface area contributed by atoms with Crippen molar-refractivity contribution in [1.82, 2.24) is 0 Å². The largest absolute Gasteiger partial charge is 0.497 e. The summed E-state index contributed by atoms with van der Waals surface area (Å²) < 4.78 is 38.5. The molecule has 0 amide bonds. The number of benzene rings is 3. The van der Waals surface area contributed by atoms with Gasteiger partial charge in [0.2, 0.25) is 0 Å². The van der Waals surface area contributed by atoms with Gasteiger partial charge in [-0.2, -0.15) is 0 Å². The molecule has 3 aromatic carbocycles. The molecule has 0 aliphatic heterocycles. The van der Waals surface area contributed by atoms with Gasteiger partial charge in [-0.1, -0.05) is 30.3 Å². The van der Waals surface area contributed by atoms with Crippen LogP contribution < -0.4 is 13.8 Å². The molecule has 0 aliphatic carbocycles. The van der Waals surface area contributed by atoms with Gasteiger partial charge in [0.05, 0.1) is 24.8 Å². The number of anilines is 1. The Hall–Kier alpha value is -2.73. The first kappa shape index (κ1) is 18.1. The molecular weight excluding hydrogens is 350 g/mol. The van der Waals surface area contributed by atoms with E-state index in [1.807, 2.05) is 30.3 Å². The van der Waals surface area contributed by atoms with Crippen molar-refractivity contribution in [2.75, 3.05) is 25.1 Å². The molecule has 6 heteroatoms. The van der Waals surface area contributed by atoms with Gasteiger partial charge < -0.3 is 9.47 Å². The predicted molar refractivity (Wildman–Crippen MR) is 104 cm³/mol. The molecule has 26 heavy (non-hydrogen) atoms. The Morgan fingerprint density at radius 1 is 0.885 bits per heavy atom. The minimum atomic E-state index is -3.74. The van der Waals surface area contributed by atoms with Crippen molar-refractivity contribution in [3.8, 4) is 11.5 Å². The summed E-state index contributed by atoms with van der Waals surface area (Å²) in [5.74, 6) is 1.04. The van der Waals surface area contributed by atoms with Gasteiger partial charge in [-0.25, -0.2) is 8.42 Å². The van der Waals surface area contributed by atoms with Crippen LogP contribution >= 0.6 is 0 Å². The second-order valence-electron chi connectivity index (χ2n) is 5.72. The zero-order valence-electron chi connectivity index (χ0n) is 15.0. The minimum Gasteiger partial charge on any atom is -0.497 e. The molecule has 5 nitrogen and oxygen atoms in total. The molecule has 0 heterocycles. The third-order valence-corrected chi connectivity index (χ3v) is 6.14. The van der Waals surface area contributed by atoms with Gasteiger partial charge in [0.15, 0.2) is 0 Å². The van der Waals surface area contributed by atoms with E-state index in [1.165, 1.54) is 11.4 Å². The Morgan fingerprint density at radius 3 is 2.27 bits per heavy atom. The lowest BCUT2D eigenvalue weighted by atomic mass is 10.1. The monoisotopic (exact) mass is 371 g/mol. The van der Waals surface area contributed by atoms with Gasteiger partial charge in [-0.15, -0.1) is 0 Å². The Morgan fingerprint density at radius 2 is 1.62 bits per heavy atom. The number of sulfonamides is 1. The van der Waals surface area contributed by atoms with E-state index in [9.17, 15) is 8.42 Å². The van der Waals surface area contributed by atoms with E-state index in [2.05, 4.69) is 0 Å². The predicted octanol–water partition coefficient (Wildman–Crippen LogP) is 4.07. The summed E-state index contributed by atoms with van der Waals surface area (Å²) in [5.41, 5.74) is 0.476. The van der Waals surface area contributed by atoms with E-state index in [1.54, 1.807) is 44.4 Å². The number of ether oxygens (including phenoxy) is 2. The molecule has 0 aromatic heterocycles. The molecule has 0 N–H and O–H groups in total. The van der Waals surface area contributed by atoms with Gasteiger partial charge in [-0.3, -0.25) is 4.31 Å². The molecule has 0 aliphatic rings. The molecule has 0 fully saturated rings. The third kappa shape index (κ3) is 3.20. The maximum atomic E-state index is 13.3. The Kier molecular flexibility index (Phi) is 5.04. The number of fused-ring (bicyclic) bond motifs is 1. The molecule has 0 atom stereocenters. The standard InChI is InChI=1S/C20H21NO4S/c1-4-21(19-12-10-17(24-2)14-20(19)25-3)26(22,23)18-11-9-15-7-5-6-8-16(15)13-18/h5-14H,4H2,1-3H3. The van der Waals surface area contributed by atoms with Crippen molar-refractivity contribution in [3.05, 3.63) is 60.7 Å². The van der Waals surface area contributed by atoms with Crippen LogP contribution in [0.25, 0.3) is 10.8 Å². The van der Waals surface area contributed by atoms with Crippen LogP contribution in [-0.4, -0.2) is 29.2 Å². The first-order chi connectivity index (χ1) is 12.5. The van der Waals surface area contributed by atoms with Gasteiger partial charge in [0.25, 0.3) is 10.0 Å². The fourth-order valence-electron chi connectivity index (χ4n) is 2.92. The molecule has 0 saturated heterocycles. The van der Waals surface area contributed by atoms with Gasteiger partial charge >= 0.3 is 0 Å². The van der Waals surface area contributed by atoms with Crippen molar-refractivity contribution in [3.63, 3.8) is 0 Å². The molecule has 3 aromatic rings. The number of nitrogens with zero attached hydrogens (tertiary/aromatic N) is 1. The Balaban J connectivity index is 2.11. The first-order valence-electron chi connectivity index (χ1n) is 8.25. The van der Waals surface area contributed by atoms with Crippen molar-refractivity contribution < 1.29 is 17.9 Å². The number of methoxy groups -OCH3 is 2. The van der Waals surface area contributed by atoms with Gasteiger partial charge in [-0.05, 0) is 42.0 Å². The van der Waals surface area contributed by atoms with E-state index in [4.69, 9.17) is 9.47 Å². The second-order valence-corrected chi connectivity index (χ2v) is 7.58. The van der Waals surface area contributed by atoms with Crippen molar-refractivity contribution in [2.24, 2.45) is 0 Å². The summed E-state index contributed by atoms with van der Waals surface area (Å²) >= 11 is 0. The minimum absolute atomic E-state index is 0.246. The van der Waals surface area contributed by atoms with Crippen LogP contribution in [-0.2, 0) is 10.0 Å². The molecule has 0 saturated carbocycles. The fourth-order valence-corrected chi connectivity index (χ4v) is 4.44. The third-order valence-electron chi connectivity index (χ3n) is 4.25. The molecular formula is C20H21NO4S. The van der Waals surface area contributed by atoms with Crippen LogP contribution in [0.3, 0.4) is 0 Å². The Bertz CT molecular complexity index is 1030. The van der Waals surface area contributed by atoms with Crippen molar-refractivity contribution in [2.45, 2.75) is 11.8 Å². The number of hydrogen-bond donors (Lipinski definition) is 0. The highest BCUT2D eigenvalue weighted by molar-refractivity contribution is 7.92. The summed E-state index contributed by atoms with van der Waals surface area (Å²) in [7, 11) is -0.673. The molecule has 0 unspecified atom stereocenters. The summed E-state index contributed by atoms with van der Waals surface area (Å²) in [5, 5.41) is 1.88. The first-order valence-corrected chi connectivity index (χ1v) is 9.69. The lowest BCUT2D eigenvalue weighted by Crippen LogP contribution is -2.31. The lowest BCUT2D eigenvalue weighted by Gasteiger charge is -2.25. The van der Waals surface area contributed by atoms with E-state index < -0.39 is 10.0 Å². The van der Waals surface area contributed by atoms with Crippen LogP contribution in [0.2, 0.25) is 0 Å². The average Bonchev–Trinajstić information content (AvgIpc) is 2.68. The van der Waals surface area contributed by atoms with Crippen LogP contribution in [0.15, 0.2) is 65.6 Å². The van der Waals surface area contributed by atoms with Gasteiger partial charge in [0, 0.05) is 12.6 Å². The average molecular weight is 371 g/mol. The van der Waals surface area contributed by atoms with Crippen LogP contribution in [0.5, 0.6) is 11.5 Å². The highest BCUT2D eigenvalue weighted by Crippen LogP contribution is 2.35. The topological polar surface area (TPSA) is 55.8 Å². The second kappa shape index (κ2) is 7.25. The van der Waals surface area contributed by atoms with E-state index in [0.717, 1.165) is 10.8 Å². The SMILES string of the molecule is CCN(c1ccc(OC)cc1OC)S(=O)(=O)c1ccc2ccccc2c1. The Labute approximate surface area is 153 Å². The lowest BCUT2D eigenvalue weighted by molar-refractivity contribution is 0.395. The summed E-state index contributed by atoms with van der Waals surface area (Å²) in [6, 6.07) is 17.9. The fraction of sp³-hybridized carbons (Fsp3) is 0.200. The van der Waals surface area contributed by atoms with Crippen LogP contribution in [0.4, 0.5) is 5.69 Å². The van der Waals surface area contributed by atoms with Crippen molar-refractivity contribution in [1.29, 1.82) is 0 Å². The summed E-state index contributed by atoms with van der Waals surface area (Å²) in [4.78, 5) is 0.246. The maximum Gasteiger partial charge on any atom is 0.264 e. The quantitative estimate of drug-likeness (QED) is 0.655. The van der Waals surface area contributed by atoms with Crippen LogP contribution in [0.1, 0.15) is 6.92 Å². The zero-order valence-corrected chi connectivity index (χ0v) is 15.8. The molecule has 136 valence electrons. The number of rotatable bonds is 6. The normalized spacial score (nSPS) is 11.3. The smallest absolute Gasteiger partial charge is 0.264 e. The van der Waals surface area contributed by atoms with Crippen LogP contribution in [0, 0.1) is 0 Å². The molecule has 0 bridgehead atoms. The maximum absolute atomic E-state index is 13.3. The number of hydrogen-bond acceptors (Lipinski definition) is 4.